The van der Waals surface area contributed by atoms with Gasteiger partial charge in [-0.05, 0) is 5.41 Å². The smallest absolute Gasteiger partial charge is 0.132 e. The number of hydrogen-bond donors (Lipinski definition) is 0. The average molecular weight is 219 g/mol. The summed E-state index contributed by atoms with van der Waals surface area (Å²) in [5, 5.41) is 10.1. The zero-order valence-electron chi connectivity index (χ0n) is 8.47. The maximum Gasteiger partial charge on any atom is 0.132 e. The van der Waals surface area contributed by atoms with Crippen LogP contribution in [0.5, 0.6) is 0 Å². The standard InChI is InChI=1S/C9H15ClN2S/c1-6(9(2,3)4)8-12-11-7(5-10)13-8/h6H,5H2,1-4H3. The van der Waals surface area contributed by atoms with Crippen molar-refractivity contribution in [3.63, 3.8) is 0 Å². The van der Waals surface area contributed by atoms with Crippen LogP contribution in [0, 0.1) is 5.41 Å². The van der Waals surface area contributed by atoms with Gasteiger partial charge in [0.2, 0.25) is 0 Å². The minimum Gasteiger partial charge on any atom is -0.143 e. The summed E-state index contributed by atoms with van der Waals surface area (Å²) in [7, 11) is 0. The highest BCUT2D eigenvalue weighted by atomic mass is 35.5. The molecule has 0 aliphatic carbocycles. The minimum atomic E-state index is 0.239. The fourth-order valence-corrected chi connectivity index (χ4v) is 2.07. The lowest BCUT2D eigenvalue weighted by Crippen LogP contribution is -2.14. The third-order valence-electron chi connectivity index (χ3n) is 2.27. The predicted octanol–water partition coefficient (Wildman–Crippen LogP) is 3.43. The molecule has 1 unspecified atom stereocenters. The van der Waals surface area contributed by atoms with Crippen molar-refractivity contribution in [2.24, 2.45) is 5.41 Å². The van der Waals surface area contributed by atoms with Crippen LogP contribution in [0.3, 0.4) is 0 Å². The Morgan fingerprint density at radius 3 is 2.38 bits per heavy atom. The van der Waals surface area contributed by atoms with Gasteiger partial charge in [0.05, 0.1) is 5.88 Å². The number of rotatable bonds is 2. The lowest BCUT2D eigenvalue weighted by Gasteiger charge is -2.24. The quantitative estimate of drug-likeness (QED) is 0.711. The summed E-state index contributed by atoms with van der Waals surface area (Å²) >= 11 is 7.28. The van der Waals surface area contributed by atoms with Crippen molar-refractivity contribution >= 4 is 22.9 Å². The van der Waals surface area contributed by atoms with Gasteiger partial charge >= 0.3 is 0 Å². The van der Waals surface area contributed by atoms with Crippen molar-refractivity contribution < 1.29 is 0 Å². The molecule has 0 bridgehead atoms. The molecule has 0 amide bonds. The first-order valence-electron chi connectivity index (χ1n) is 4.33. The lowest BCUT2D eigenvalue weighted by molar-refractivity contribution is 0.337. The molecule has 4 heteroatoms. The van der Waals surface area contributed by atoms with Gasteiger partial charge in [-0.1, -0.05) is 39.0 Å². The van der Waals surface area contributed by atoms with Gasteiger partial charge in [-0.3, -0.25) is 0 Å². The summed E-state index contributed by atoms with van der Waals surface area (Å²) in [5.41, 5.74) is 0.239. The Balaban J connectivity index is 2.83. The first-order valence-corrected chi connectivity index (χ1v) is 5.68. The molecule has 2 nitrogen and oxygen atoms in total. The molecule has 0 fully saturated rings. The molecule has 13 heavy (non-hydrogen) atoms. The van der Waals surface area contributed by atoms with Gasteiger partial charge in [0.15, 0.2) is 0 Å². The third kappa shape index (κ3) is 2.64. The van der Waals surface area contributed by atoms with Crippen LogP contribution in [0.4, 0.5) is 0 Å². The van der Waals surface area contributed by atoms with Crippen molar-refractivity contribution in [2.45, 2.75) is 39.5 Å². The van der Waals surface area contributed by atoms with E-state index in [-0.39, 0.29) is 5.41 Å². The highest BCUT2D eigenvalue weighted by Crippen LogP contribution is 2.35. The Bertz CT molecular complexity index is 277. The Morgan fingerprint density at radius 1 is 1.38 bits per heavy atom. The second kappa shape index (κ2) is 3.93. The van der Waals surface area contributed by atoms with Crippen molar-refractivity contribution in [3.8, 4) is 0 Å². The summed E-state index contributed by atoms with van der Waals surface area (Å²) in [4.78, 5) is 0. The Kier molecular flexibility index (Phi) is 3.30. The van der Waals surface area contributed by atoms with E-state index >= 15 is 0 Å². The molecule has 1 aromatic rings. The zero-order chi connectivity index (χ0) is 10.1. The maximum absolute atomic E-state index is 5.67. The zero-order valence-corrected chi connectivity index (χ0v) is 10.0. The van der Waals surface area contributed by atoms with Crippen LogP contribution in [0.15, 0.2) is 0 Å². The fraction of sp³-hybridized carbons (Fsp3) is 0.778. The molecule has 0 aliphatic heterocycles. The number of hydrogen-bond acceptors (Lipinski definition) is 3. The van der Waals surface area contributed by atoms with Gasteiger partial charge < -0.3 is 0 Å². The van der Waals surface area contributed by atoms with E-state index in [1.165, 1.54) is 0 Å². The normalized spacial score (nSPS) is 14.5. The molecule has 1 heterocycles. The van der Waals surface area contributed by atoms with Gasteiger partial charge in [-0.2, -0.15) is 0 Å². The van der Waals surface area contributed by atoms with Gasteiger partial charge in [-0.15, -0.1) is 21.8 Å². The summed E-state index contributed by atoms with van der Waals surface area (Å²) in [5.74, 6) is 0.899. The molecule has 0 aliphatic rings. The van der Waals surface area contributed by atoms with Crippen molar-refractivity contribution in [2.75, 3.05) is 0 Å². The van der Waals surface area contributed by atoms with E-state index < -0.39 is 0 Å². The molecule has 0 aromatic carbocycles. The van der Waals surface area contributed by atoms with E-state index in [9.17, 15) is 0 Å². The van der Waals surface area contributed by atoms with E-state index in [4.69, 9.17) is 11.6 Å². The predicted molar refractivity (Wildman–Crippen MR) is 57.3 cm³/mol. The lowest BCUT2D eigenvalue weighted by atomic mass is 9.83. The Morgan fingerprint density at radius 2 is 2.00 bits per heavy atom. The van der Waals surface area contributed by atoms with Crippen LogP contribution < -0.4 is 0 Å². The molecule has 0 N–H and O–H groups in total. The Labute approximate surface area is 88.3 Å². The second-order valence-corrected chi connectivity index (χ2v) is 5.62. The van der Waals surface area contributed by atoms with E-state index in [0.29, 0.717) is 11.8 Å². The van der Waals surface area contributed by atoms with Crippen molar-refractivity contribution in [1.29, 1.82) is 0 Å². The third-order valence-corrected chi connectivity index (χ3v) is 3.78. The summed E-state index contributed by atoms with van der Waals surface area (Å²) in [6.45, 7) is 8.80. The maximum atomic E-state index is 5.67. The molecular formula is C9H15ClN2S. The van der Waals surface area contributed by atoms with Crippen LogP contribution in [0.1, 0.15) is 43.6 Å². The number of nitrogens with zero attached hydrogens (tertiary/aromatic N) is 2. The molecule has 1 atom stereocenters. The molecule has 0 saturated heterocycles. The van der Waals surface area contributed by atoms with Crippen LogP contribution in [-0.4, -0.2) is 10.2 Å². The van der Waals surface area contributed by atoms with Gasteiger partial charge in [0.1, 0.15) is 10.0 Å². The van der Waals surface area contributed by atoms with Crippen LogP contribution >= 0.6 is 22.9 Å². The highest BCUT2D eigenvalue weighted by Gasteiger charge is 2.24. The Hall–Kier alpha value is -0.150. The SMILES string of the molecule is CC(c1nnc(CCl)s1)C(C)(C)C. The first kappa shape index (κ1) is 10.9. The van der Waals surface area contributed by atoms with Gasteiger partial charge in [-0.25, -0.2) is 0 Å². The monoisotopic (exact) mass is 218 g/mol. The number of aromatic nitrogens is 2. The largest absolute Gasteiger partial charge is 0.143 e. The second-order valence-electron chi connectivity index (χ2n) is 4.26. The van der Waals surface area contributed by atoms with Crippen LogP contribution in [-0.2, 0) is 5.88 Å². The molecule has 0 radical (unpaired) electrons. The summed E-state index contributed by atoms with van der Waals surface area (Å²) in [6.07, 6.45) is 0. The average Bonchev–Trinajstić information content (AvgIpc) is 2.48. The van der Waals surface area contributed by atoms with E-state index in [1.807, 2.05) is 0 Å². The molecule has 0 spiro atoms. The number of alkyl halides is 1. The minimum absolute atomic E-state index is 0.239. The number of halogens is 1. The van der Waals surface area contributed by atoms with Gasteiger partial charge in [0.25, 0.3) is 0 Å². The first-order chi connectivity index (χ1) is 5.95. The van der Waals surface area contributed by atoms with Crippen LogP contribution in [0.2, 0.25) is 0 Å². The molecule has 74 valence electrons. The van der Waals surface area contributed by atoms with Gasteiger partial charge in [0, 0.05) is 5.92 Å². The van der Waals surface area contributed by atoms with Crippen molar-refractivity contribution in [3.05, 3.63) is 10.0 Å². The van der Waals surface area contributed by atoms with E-state index in [0.717, 1.165) is 10.0 Å². The molecule has 0 saturated carbocycles. The molecule has 1 rings (SSSR count). The fourth-order valence-electron chi connectivity index (χ4n) is 0.866. The van der Waals surface area contributed by atoms with E-state index in [1.54, 1.807) is 11.3 Å². The van der Waals surface area contributed by atoms with Crippen molar-refractivity contribution in [1.82, 2.24) is 10.2 Å². The van der Waals surface area contributed by atoms with E-state index in [2.05, 4.69) is 37.9 Å². The molecular weight excluding hydrogens is 204 g/mol. The summed E-state index contributed by atoms with van der Waals surface area (Å²) < 4.78 is 0. The van der Waals surface area contributed by atoms with Crippen LogP contribution in [0.25, 0.3) is 0 Å². The topological polar surface area (TPSA) is 25.8 Å². The molecule has 1 aromatic heterocycles. The highest BCUT2D eigenvalue weighted by molar-refractivity contribution is 7.11. The summed E-state index contributed by atoms with van der Waals surface area (Å²) in [6, 6.07) is 0.